The molecular weight excluding hydrogens is 312 g/mol. The van der Waals surface area contributed by atoms with Crippen molar-refractivity contribution in [2.75, 3.05) is 11.9 Å². The highest BCUT2D eigenvalue weighted by Crippen LogP contribution is 2.07. The topological polar surface area (TPSA) is 132 Å². The fourth-order valence-electron chi connectivity index (χ4n) is 1.40. The number of aromatic amines is 2. The number of benzene rings is 1. The van der Waals surface area contributed by atoms with E-state index in [0.717, 1.165) is 5.56 Å². The second-order valence-corrected chi connectivity index (χ2v) is 4.49. The molecule has 2 aromatic rings. The average Bonchev–Trinajstić information content (AvgIpc) is 2.48. The van der Waals surface area contributed by atoms with Gasteiger partial charge in [0, 0.05) is 5.02 Å². The lowest BCUT2D eigenvalue weighted by Gasteiger charge is -2.02. The van der Waals surface area contributed by atoms with Crippen molar-refractivity contribution in [1.29, 1.82) is 0 Å². The number of amides is 1. The van der Waals surface area contributed by atoms with Crippen LogP contribution in [0.3, 0.4) is 0 Å². The third-order valence-electron chi connectivity index (χ3n) is 2.40. The summed E-state index contributed by atoms with van der Waals surface area (Å²) in [5, 5.41) is 12.3. The number of H-pyrrole nitrogens is 2. The number of hydrazone groups is 1. The predicted molar refractivity (Wildman–Crippen MR) is 81.2 cm³/mol. The Morgan fingerprint density at radius 1 is 1.32 bits per heavy atom. The molecule has 0 aliphatic heterocycles. The van der Waals surface area contributed by atoms with Crippen LogP contribution in [0.1, 0.15) is 5.56 Å². The maximum absolute atomic E-state index is 11.5. The molecule has 2 rings (SSSR count). The van der Waals surface area contributed by atoms with Crippen LogP contribution in [0.15, 0.2) is 39.0 Å². The standard InChI is InChI=1S/C12H11ClN6O3/c13-8-3-1-7(2-4-8)5-15-17-9(20)6-14-10-11(21)16-12(22)19-18-10/h1-5H,6H2,(H,14,18)(H,17,20)(H2,16,19,21,22). The summed E-state index contributed by atoms with van der Waals surface area (Å²) < 4.78 is 0. The van der Waals surface area contributed by atoms with Crippen molar-refractivity contribution in [3.8, 4) is 0 Å². The minimum absolute atomic E-state index is 0.170. The normalized spacial score (nSPS) is 10.6. The summed E-state index contributed by atoms with van der Waals surface area (Å²) in [4.78, 5) is 35.6. The number of hydrogen-bond acceptors (Lipinski definition) is 6. The second-order valence-electron chi connectivity index (χ2n) is 4.05. The van der Waals surface area contributed by atoms with E-state index in [1.165, 1.54) is 6.21 Å². The Bertz CT molecular complexity index is 795. The van der Waals surface area contributed by atoms with Gasteiger partial charge in [0.15, 0.2) is 0 Å². The van der Waals surface area contributed by atoms with Gasteiger partial charge in [0.25, 0.3) is 11.5 Å². The molecule has 10 heteroatoms. The van der Waals surface area contributed by atoms with Gasteiger partial charge < -0.3 is 5.32 Å². The predicted octanol–water partition coefficient (Wildman–Crippen LogP) is -0.326. The van der Waals surface area contributed by atoms with Gasteiger partial charge in [-0.3, -0.25) is 14.6 Å². The molecule has 0 saturated carbocycles. The van der Waals surface area contributed by atoms with Crippen molar-refractivity contribution in [2.45, 2.75) is 0 Å². The minimum Gasteiger partial charge on any atom is -0.355 e. The third-order valence-corrected chi connectivity index (χ3v) is 2.65. The molecule has 0 aliphatic rings. The molecule has 0 spiro atoms. The summed E-state index contributed by atoms with van der Waals surface area (Å²) in [7, 11) is 0. The Hall–Kier alpha value is -2.94. The number of hydrogen-bond donors (Lipinski definition) is 4. The Labute approximate surface area is 128 Å². The number of aromatic nitrogens is 3. The van der Waals surface area contributed by atoms with Gasteiger partial charge in [-0.1, -0.05) is 23.7 Å². The quantitative estimate of drug-likeness (QED) is 0.442. The van der Waals surface area contributed by atoms with E-state index in [2.05, 4.69) is 20.9 Å². The van der Waals surface area contributed by atoms with Gasteiger partial charge in [-0.25, -0.2) is 15.3 Å². The molecule has 4 N–H and O–H groups in total. The summed E-state index contributed by atoms with van der Waals surface area (Å²) in [5.74, 6) is -0.658. The molecule has 1 aromatic carbocycles. The van der Waals surface area contributed by atoms with Crippen LogP contribution in [0.4, 0.5) is 5.82 Å². The van der Waals surface area contributed by atoms with Crippen LogP contribution in [-0.2, 0) is 4.79 Å². The molecule has 0 bridgehead atoms. The largest absolute Gasteiger partial charge is 0.355 e. The monoisotopic (exact) mass is 322 g/mol. The summed E-state index contributed by atoms with van der Waals surface area (Å²) >= 11 is 5.74. The van der Waals surface area contributed by atoms with Crippen molar-refractivity contribution >= 4 is 29.5 Å². The van der Waals surface area contributed by atoms with Crippen molar-refractivity contribution < 1.29 is 4.79 Å². The Morgan fingerprint density at radius 3 is 2.73 bits per heavy atom. The zero-order valence-corrected chi connectivity index (χ0v) is 11.8. The first-order valence-electron chi connectivity index (χ1n) is 6.05. The number of carbonyl (C=O) groups excluding carboxylic acids is 1. The number of rotatable bonds is 5. The van der Waals surface area contributed by atoms with Gasteiger partial charge in [-0.2, -0.15) is 5.10 Å². The van der Waals surface area contributed by atoms with E-state index in [4.69, 9.17) is 11.6 Å². The van der Waals surface area contributed by atoms with Crippen LogP contribution < -0.4 is 22.0 Å². The molecule has 0 atom stereocenters. The number of nitrogens with zero attached hydrogens (tertiary/aromatic N) is 2. The molecule has 0 fully saturated rings. The van der Waals surface area contributed by atoms with Crippen molar-refractivity contribution in [3.05, 3.63) is 55.7 Å². The van der Waals surface area contributed by atoms with Crippen LogP contribution in [0.5, 0.6) is 0 Å². The summed E-state index contributed by atoms with van der Waals surface area (Å²) in [6.07, 6.45) is 1.44. The smallest absolute Gasteiger partial charge is 0.342 e. The molecule has 9 nitrogen and oxygen atoms in total. The number of nitrogens with one attached hydrogen (secondary N) is 4. The van der Waals surface area contributed by atoms with Crippen molar-refractivity contribution in [3.63, 3.8) is 0 Å². The first-order valence-corrected chi connectivity index (χ1v) is 6.43. The molecule has 0 saturated heterocycles. The molecule has 1 aromatic heterocycles. The second kappa shape index (κ2) is 7.18. The van der Waals surface area contributed by atoms with Gasteiger partial charge in [0.2, 0.25) is 5.82 Å². The third kappa shape index (κ3) is 4.56. The van der Waals surface area contributed by atoms with Gasteiger partial charge in [0.1, 0.15) is 0 Å². The van der Waals surface area contributed by atoms with Crippen molar-refractivity contribution in [2.24, 2.45) is 5.10 Å². The van der Waals surface area contributed by atoms with E-state index in [9.17, 15) is 14.4 Å². The zero-order valence-electron chi connectivity index (χ0n) is 11.1. The summed E-state index contributed by atoms with van der Waals surface area (Å²) in [5.41, 5.74) is 1.58. The highest BCUT2D eigenvalue weighted by Gasteiger charge is 2.04. The fraction of sp³-hybridized carbons (Fsp3) is 0.0833. The van der Waals surface area contributed by atoms with Gasteiger partial charge in [-0.05, 0) is 17.7 Å². The lowest BCUT2D eigenvalue weighted by molar-refractivity contribution is -0.119. The average molecular weight is 323 g/mol. The maximum Gasteiger partial charge on any atom is 0.342 e. The fourth-order valence-corrected chi connectivity index (χ4v) is 1.52. The molecule has 0 aliphatic carbocycles. The molecular formula is C12H11ClN6O3. The lowest BCUT2D eigenvalue weighted by Crippen LogP contribution is -2.31. The van der Waals surface area contributed by atoms with E-state index < -0.39 is 17.2 Å². The number of anilines is 1. The molecule has 1 heterocycles. The first kappa shape index (κ1) is 15.4. The lowest BCUT2D eigenvalue weighted by atomic mass is 10.2. The van der Waals surface area contributed by atoms with Gasteiger partial charge in [-0.15, -0.1) is 5.10 Å². The molecule has 22 heavy (non-hydrogen) atoms. The molecule has 0 unspecified atom stereocenters. The number of halogens is 1. The first-order chi connectivity index (χ1) is 10.5. The highest BCUT2D eigenvalue weighted by molar-refractivity contribution is 6.30. The minimum atomic E-state index is -0.729. The molecule has 1 amide bonds. The van der Waals surface area contributed by atoms with E-state index in [1.54, 1.807) is 24.3 Å². The zero-order chi connectivity index (χ0) is 15.9. The highest BCUT2D eigenvalue weighted by atomic mass is 35.5. The van der Waals surface area contributed by atoms with Crippen molar-refractivity contribution in [1.82, 2.24) is 20.6 Å². The SMILES string of the molecule is O=C(CNc1n[nH]c(=O)[nH]c1=O)NN=Cc1ccc(Cl)cc1. The summed E-state index contributed by atoms with van der Waals surface area (Å²) in [6, 6.07) is 6.86. The summed E-state index contributed by atoms with van der Waals surface area (Å²) in [6.45, 7) is -0.236. The van der Waals surface area contributed by atoms with Gasteiger partial charge in [0.05, 0.1) is 12.8 Å². The van der Waals surface area contributed by atoms with E-state index in [0.29, 0.717) is 5.02 Å². The van der Waals surface area contributed by atoms with E-state index >= 15 is 0 Å². The molecule has 0 radical (unpaired) electrons. The Morgan fingerprint density at radius 2 is 2.05 bits per heavy atom. The van der Waals surface area contributed by atoms with Crippen LogP contribution in [0.2, 0.25) is 5.02 Å². The maximum atomic E-state index is 11.5. The van der Waals surface area contributed by atoms with Crippen LogP contribution >= 0.6 is 11.6 Å². The van der Waals surface area contributed by atoms with E-state index in [-0.39, 0.29) is 12.4 Å². The number of carbonyl (C=O) groups is 1. The van der Waals surface area contributed by atoms with Crippen LogP contribution in [-0.4, -0.2) is 33.8 Å². The van der Waals surface area contributed by atoms with Crippen LogP contribution in [0, 0.1) is 0 Å². The van der Waals surface area contributed by atoms with E-state index in [1.807, 2.05) is 10.1 Å². The van der Waals surface area contributed by atoms with Gasteiger partial charge >= 0.3 is 5.69 Å². The van der Waals surface area contributed by atoms with Crippen LogP contribution in [0.25, 0.3) is 0 Å². The Kier molecular flexibility index (Phi) is 5.04. The molecule has 114 valence electrons. The Balaban J connectivity index is 1.84.